The third kappa shape index (κ3) is 8.81. The van der Waals surface area contributed by atoms with Crippen molar-refractivity contribution in [3.05, 3.63) is 101 Å². The van der Waals surface area contributed by atoms with Crippen molar-refractivity contribution in [2.75, 3.05) is 13.7 Å². The molecule has 3 aromatic carbocycles. The molecule has 42 heavy (non-hydrogen) atoms. The van der Waals surface area contributed by atoms with Crippen molar-refractivity contribution in [3.63, 3.8) is 0 Å². The number of carbonyl (C=O) groups is 2. The predicted molar refractivity (Wildman–Crippen MR) is 156 cm³/mol. The number of nitrogens with zero attached hydrogens (tertiary/aromatic N) is 2. The number of carbonyl (C=O) groups excluding carboxylic acids is 2. The number of ether oxygens (including phenoxy) is 3. The summed E-state index contributed by atoms with van der Waals surface area (Å²) in [6.45, 7) is 3.51. The van der Waals surface area contributed by atoms with Gasteiger partial charge in [-0.05, 0) is 65.5 Å². The molecule has 0 fully saturated rings. The van der Waals surface area contributed by atoms with Gasteiger partial charge in [0.2, 0.25) is 5.76 Å². The van der Waals surface area contributed by atoms with E-state index < -0.39 is 24.1 Å². The second-order valence-electron chi connectivity index (χ2n) is 9.70. The van der Waals surface area contributed by atoms with Crippen molar-refractivity contribution >= 4 is 23.5 Å². The molecule has 0 spiro atoms. The van der Waals surface area contributed by atoms with Crippen LogP contribution in [0.4, 0.5) is 0 Å². The summed E-state index contributed by atoms with van der Waals surface area (Å²) in [5.41, 5.74) is 6.29. The molecule has 220 valence electrons. The highest BCUT2D eigenvalue weighted by Gasteiger charge is 2.24. The van der Waals surface area contributed by atoms with Crippen LogP contribution in [0.15, 0.2) is 83.4 Å². The van der Waals surface area contributed by atoms with Crippen molar-refractivity contribution in [2.24, 2.45) is 0 Å². The van der Waals surface area contributed by atoms with Crippen LogP contribution in [0.1, 0.15) is 35.5 Å². The molecule has 0 aliphatic carbocycles. The van der Waals surface area contributed by atoms with Gasteiger partial charge in [0.25, 0.3) is 5.88 Å². The smallest absolute Gasteiger partial charge is 0.336 e. The number of aliphatic hydroxyl groups is 1. The van der Waals surface area contributed by atoms with Gasteiger partial charge in [0, 0.05) is 11.6 Å². The molecule has 0 saturated heterocycles. The predicted octanol–water partition coefficient (Wildman–Crippen LogP) is 5.04. The molecule has 10 nitrogen and oxygen atoms in total. The molecule has 1 atom stereocenters. The Morgan fingerprint density at radius 1 is 1.00 bits per heavy atom. The monoisotopic (exact) mass is 593 g/mol. The molecule has 1 aromatic heterocycles. The number of rotatable bonds is 13. The van der Waals surface area contributed by atoms with E-state index >= 15 is 0 Å². The van der Waals surface area contributed by atoms with Gasteiger partial charge in [0.15, 0.2) is 6.10 Å². The Hall–Kier alpha value is -4.38. The van der Waals surface area contributed by atoms with Crippen molar-refractivity contribution in [1.82, 2.24) is 15.6 Å². The second-order valence-corrected chi connectivity index (χ2v) is 10.1. The van der Waals surface area contributed by atoms with Crippen LogP contribution in [0.2, 0.25) is 5.02 Å². The Morgan fingerprint density at radius 2 is 1.71 bits per heavy atom. The first-order chi connectivity index (χ1) is 20.2. The molecule has 0 unspecified atom stereocenters. The number of nitrogens with one attached hydrogen (secondary N) is 1. The minimum absolute atomic E-state index is 0.111. The zero-order chi connectivity index (χ0) is 30.1. The Balaban J connectivity index is 1.43. The number of benzene rings is 3. The number of aliphatic hydroxyl groups excluding tert-OH is 1. The molecular weight excluding hydrogens is 562 g/mol. The molecule has 1 amide bonds. The summed E-state index contributed by atoms with van der Waals surface area (Å²) in [5.74, 6) is -0.695. The van der Waals surface area contributed by atoms with E-state index in [1.807, 2.05) is 66.7 Å². The summed E-state index contributed by atoms with van der Waals surface area (Å²) in [6.07, 6.45) is -1.91. The lowest BCUT2D eigenvalue weighted by Crippen LogP contribution is -2.47. The molecule has 0 radical (unpaired) electrons. The lowest BCUT2D eigenvalue weighted by atomic mass is 10.0. The van der Waals surface area contributed by atoms with Crippen LogP contribution in [-0.2, 0) is 22.7 Å². The second kappa shape index (κ2) is 14.5. The van der Waals surface area contributed by atoms with Crippen LogP contribution in [0.25, 0.3) is 11.1 Å². The van der Waals surface area contributed by atoms with E-state index in [1.54, 1.807) is 27.0 Å². The number of halogens is 1. The van der Waals surface area contributed by atoms with E-state index in [0.29, 0.717) is 5.02 Å². The number of aromatic nitrogens is 1. The fraction of sp³-hybridized carbons (Fsp3) is 0.258. The molecule has 0 bridgehead atoms. The largest absolute Gasteiger partial charge is 0.497 e. The SMILES string of the molecule is COc1ccc(COc2cc(C(=O)NN(Cc3ccc(-c4cccc(Cl)c4)cc3)C[C@@H](O)C(=O)OC(C)C)on2)cc1. The molecule has 11 heteroatoms. The first kappa shape index (κ1) is 30.6. The van der Waals surface area contributed by atoms with Crippen LogP contribution in [0, 0.1) is 0 Å². The minimum atomic E-state index is -1.50. The fourth-order valence-electron chi connectivity index (χ4n) is 3.95. The van der Waals surface area contributed by atoms with E-state index in [2.05, 4.69) is 10.6 Å². The summed E-state index contributed by atoms with van der Waals surface area (Å²) in [7, 11) is 1.59. The van der Waals surface area contributed by atoms with Crippen molar-refractivity contribution < 1.29 is 33.4 Å². The molecule has 0 saturated carbocycles. The van der Waals surface area contributed by atoms with E-state index in [-0.39, 0.29) is 31.3 Å². The van der Waals surface area contributed by atoms with Gasteiger partial charge >= 0.3 is 11.9 Å². The molecule has 2 N–H and O–H groups in total. The van der Waals surface area contributed by atoms with Crippen LogP contribution in [0.5, 0.6) is 11.6 Å². The fourth-order valence-corrected chi connectivity index (χ4v) is 4.14. The summed E-state index contributed by atoms with van der Waals surface area (Å²) >= 11 is 6.12. The number of hydrogen-bond acceptors (Lipinski definition) is 9. The van der Waals surface area contributed by atoms with E-state index in [0.717, 1.165) is 28.0 Å². The lowest BCUT2D eigenvalue weighted by Gasteiger charge is -2.25. The third-order valence-corrected chi connectivity index (χ3v) is 6.26. The average molecular weight is 594 g/mol. The highest BCUT2D eigenvalue weighted by molar-refractivity contribution is 6.30. The molecule has 1 heterocycles. The van der Waals surface area contributed by atoms with Crippen LogP contribution in [0.3, 0.4) is 0 Å². The maximum Gasteiger partial charge on any atom is 0.336 e. The van der Waals surface area contributed by atoms with Crippen molar-refractivity contribution in [2.45, 2.75) is 39.2 Å². The highest BCUT2D eigenvalue weighted by Crippen LogP contribution is 2.23. The number of hydrazine groups is 1. The van der Waals surface area contributed by atoms with Gasteiger partial charge in [-0.3, -0.25) is 10.2 Å². The topological polar surface area (TPSA) is 123 Å². The molecular formula is C31H32ClN3O7. The van der Waals surface area contributed by atoms with E-state index in [9.17, 15) is 14.7 Å². The minimum Gasteiger partial charge on any atom is -0.497 e. The van der Waals surface area contributed by atoms with E-state index in [1.165, 1.54) is 11.1 Å². The van der Waals surface area contributed by atoms with Gasteiger partial charge in [0.05, 0.1) is 25.8 Å². The standard InChI is InChI=1S/C31H32ClN3O7/c1-20(2)41-31(38)27(36)18-35(17-21-7-11-23(12-8-21)24-5-4-6-25(32)15-24)33-30(37)28-16-29(34-42-28)40-19-22-9-13-26(39-3)14-10-22/h4-16,20,27,36H,17-19H2,1-3H3,(H,33,37)/t27-/m1/s1. The van der Waals surface area contributed by atoms with Gasteiger partial charge in [-0.25, -0.2) is 9.80 Å². The van der Waals surface area contributed by atoms with Gasteiger partial charge in [-0.1, -0.05) is 60.1 Å². The first-order valence-electron chi connectivity index (χ1n) is 13.2. The summed E-state index contributed by atoms with van der Waals surface area (Å²) < 4.78 is 21.1. The normalized spacial score (nSPS) is 11.8. The van der Waals surface area contributed by atoms with Crippen LogP contribution < -0.4 is 14.9 Å². The Morgan fingerprint density at radius 3 is 2.38 bits per heavy atom. The number of hydrogen-bond donors (Lipinski definition) is 2. The van der Waals surface area contributed by atoms with Gasteiger partial charge in [0.1, 0.15) is 12.4 Å². The molecule has 0 aliphatic rings. The summed E-state index contributed by atoms with van der Waals surface area (Å²) in [5, 5.41) is 16.3. The van der Waals surface area contributed by atoms with Crippen LogP contribution >= 0.6 is 11.6 Å². The average Bonchev–Trinajstić information content (AvgIpc) is 3.46. The highest BCUT2D eigenvalue weighted by atomic mass is 35.5. The van der Waals surface area contributed by atoms with E-state index in [4.69, 9.17) is 30.3 Å². The van der Waals surface area contributed by atoms with Crippen molar-refractivity contribution in [1.29, 1.82) is 0 Å². The number of esters is 1. The quantitative estimate of drug-likeness (QED) is 0.162. The first-order valence-corrected chi connectivity index (χ1v) is 13.6. The number of methoxy groups -OCH3 is 1. The summed E-state index contributed by atoms with van der Waals surface area (Å²) in [4.78, 5) is 25.3. The van der Waals surface area contributed by atoms with Gasteiger partial charge in [-0.15, -0.1) is 0 Å². The van der Waals surface area contributed by atoms with Gasteiger partial charge in [-0.2, -0.15) is 0 Å². The summed E-state index contributed by atoms with van der Waals surface area (Å²) in [6, 6.07) is 23.8. The van der Waals surface area contributed by atoms with Gasteiger partial charge < -0.3 is 23.8 Å². The maximum atomic E-state index is 13.0. The Bertz CT molecular complexity index is 1470. The molecule has 4 aromatic rings. The zero-order valence-corrected chi connectivity index (χ0v) is 24.2. The molecule has 4 rings (SSSR count). The lowest BCUT2D eigenvalue weighted by molar-refractivity contribution is -0.158. The number of amides is 1. The third-order valence-electron chi connectivity index (χ3n) is 6.02. The Kier molecular flexibility index (Phi) is 10.6. The van der Waals surface area contributed by atoms with Crippen LogP contribution in [-0.4, -0.2) is 53.0 Å². The zero-order valence-electron chi connectivity index (χ0n) is 23.5. The maximum absolute atomic E-state index is 13.0. The molecule has 0 aliphatic heterocycles. The Labute approximate surface area is 248 Å². The van der Waals surface area contributed by atoms with Crippen molar-refractivity contribution in [3.8, 4) is 22.8 Å².